The molecule has 0 unspecified atom stereocenters. The highest BCUT2D eigenvalue weighted by Crippen LogP contribution is 2.65. The van der Waals surface area contributed by atoms with Crippen LogP contribution in [-0.2, 0) is 10.0 Å². The average molecular weight is 380 g/mol. The molecule has 2 saturated carbocycles. The molecule has 0 aliphatic heterocycles. The number of fused-ring (bicyclic) bond motifs is 2. The van der Waals surface area contributed by atoms with Crippen molar-refractivity contribution < 1.29 is 13.2 Å². The van der Waals surface area contributed by atoms with E-state index in [4.69, 9.17) is 5.14 Å². The number of nitrogens with one attached hydrogen (secondary N) is 2. The molecule has 7 heteroatoms. The van der Waals surface area contributed by atoms with Crippen molar-refractivity contribution in [2.45, 2.75) is 63.9 Å². The first-order chi connectivity index (χ1) is 11.9. The highest BCUT2D eigenvalue weighted by molar-refractivity contribution is 7.89. The van der Waals surface area contributed by atoms with Gasteiger partial charge in [0.2, 0.25) is 10.0 Å². The lowest BCUT2D eigenvalue weighted by atomic mass is 9.69. The smallest absolute Gasteiger partial charge is 0.315 e. The Kier molecular flexibility index (Phi) is 4.60. The Morgan fingerprint density at radius 3 is 2.54 bits per heavy atom. The summed E-state index contributed by atoms with van der Waals surface area (Å²) in [7, 11) is -3.76. The van der Waals surface area contributed by atoms with Crippen LogP contribution in [0, 0.1) is 16.7 Å². The van der Waals surface area contributed by atoms with Crippen LogP contribution in [0.3, 0.4) is 0 Å². The lowest BCUT2D eigenvalue weighted by molar-refractivity contribution is 0.123. The molecule has 0 saturated heterocycles. The van der Waals surface area contributed by atoms with Crippen molar-refractivity contribution in [3.8, 4) is 0 Å². The van der Waals surface area contributed by atoms with Crippen molar-refractivity contribution in [1.29, 1.82) is 0 Å². The van der Waals surface area contributed by atoms with Gasteiger partial charge in [0.15, 0.2) is 0 Å². The van der Waals surface area contributed by atoms with Crippen LogP contribution in [0.15, 0.2) is 29.2 Å². The zero-order chi connectivity index (χ0) is 19.3. The number of rotatable bonds is 4. The Bertz CT molecular complexity index is 821. The molecule has 26 heavy (non-hydrogen) atoms. The molecule has 0 spiro atoms. The number of primary sulfonamides is 1. The van der Waals surface area contributed by atoms with Crippen LogP contribution >= 0.6 is 0 Å². The van der Waals surface area contributed by atoms with Gasteiger partial charge in [0.1, 0.15) is 0 Å². The number of hydrogen-bond donors (Lipinski definition) is 3. The third kappa shape index (κ3) is 3.11. The molecule has 4 N–H and O–H groups in total. The van der Waals surface area contributed by atoms with Gasteiger partial charge in [0, 0.05) is 6.04 Å². The summed E-state index contributed by atoms with van der Waals surface area (Å²) in [4.78, 5) is 12.6. The van der Waals surface area contributed by atoms with Crippen molar-refractivity contribution >= 4 is 16.1 Å². The first-order valence-corrected chi connectivity index (χ1v) is 10.7. The van der Waals surface area contributed by atoms with Crippen LogP contribution in [0.5, 0.6) is 0 Å². The molecule has 1 aromatic carbocycles. The lowest BCUT2D eigenvalue weighted by Crippen LogP contribution is -2.50. The first kappa shape index (κ1) is 19.2. The summed E-state index contributed by atoms with van der Waals surface area (Å²) < 4.78 is 23.0. The molecular weight excluding hydrogens is 350 g/mol. The molecule has 0 aromatic heterocycles. The average Bonchev–Trinajstić information content (AvgIpc) is 2.87. The highest BCUT2D eigenvalue weighted by atomic mass is 32.2. The van der Waals surface area contributed by atoms with Crippen LogP contribution in [0.1, 0.15) is 58.6 Å². The topological polar surface area (TPSA) is 101 Å². The first-order valence-electron chi connectivity index (χ1n) is 9.15. The largest absolute Gasteiger partial charge is 0.335 e. The van der Waals surface area contributed by atoms with E-state index in [1.54, 1.807) is 12.1 Å². The second-order valence-electron chi connectivity index (χ2n) is 8.62. The third-order valence-electron chi connectivity index (χ3n) is 7.13. The molecule has 2 bridgehead atoms. The van der Waals surface area contributed by atoms with Crippen molar-refractivity contribution in [2.24, 2.45) is 21.9 Å². The van der Waals surface area contributed by atoms with Gasteiger partial charge in [-0.3, -0.25) is 0 Å². The maximum absolute atomic E-state index is 12.5. The van der Waals surface area contributed by atoms with Crippen LogP contribution in [0.25, 0.3) is 0 Å². The van der Waals surface area contributed by atoms with Gasteiger partial charge in [0.05, 0.1) is 10.9 Å². The molecule has 4 atom stereocenters. The van der Waals surface area contributed by atoms with Gasteiger partial charge >= 0.3 is 6.03 Å². The number of urea groups is 1. The molecule has 2 aliphatic carbocycles. The Balaban J connectivity index is 1.66. The van der Waals surface area contributed by atoms with Gasteiger partial charge in [-0.25, -0.2) is 18.4 Å². The Hall–Kier alpha value is -1.60. The predicted molar refractivity (Wildman–Crippen MR) is 101 cm³/mol. The van der Waals surface area contributed by atoms with Crippen LogP contribution < -0.4 is 15.8 Å². The molecule has 2 fully saturated rings. The predicted octanol–water partition coefficient (Wildman–Crippen LogP) is 2.91. The minimum Gasteiger partial charge on any atom is -0.335 e. The van der Waals surface area contributed by atoms with Crippen molar-refractivity contribution in [3.63, 3.8) is 0 Å². The fourth-order valence-corrected chi connectivity index (χ4v) is 5.43. The molecule has 6 nitrogen and oxygen atoms in total. The van der Waals surface area contributed by atoms with Crippen molar-refractivity contribution in [2.75, 3.05) is 0 Å². The summed E-state index contributed by atoms with van der Waals surface area (Å²) >= 11 is 0. The second kappa shape index (κ2) is 6.23. The number of benzene rings is 1. The molecule has 2 amide bonds. The minimum absolute atomic E-state index is 0.0476. The van der Waals surface area contributed by atoms with Crippen molar-refractivity contribution in [3.05, 3.63) is 29.8 Å². The van der Waals surface area contributed by atoms with E-state index in [1.165, 1.54) is 18.6 Å². The molecule has 1 aromatic rings. The number of sulfonamides is 1. The van der Waals surface area contributed by atoms with Crippen molar-refractivity contribution in [1.82, 2.24) is 10.6 Å². The standard InChI is InChI=1S/C19H29N3O3S/c1-12(13-6-5-7-15(10-13)26(20,24)25)21-17(23)22-16-11-14-8-9-19(16,4)18(14,2)3/h5-7,10,12,14,16H,8-9,11H2,1-4H3,(H2,20,24,25)(H2,21,22,23)/t12-,14+,16+,19+/m0/s1. The Labute approximate surface area is 156 Å². The van der Waals surface area contributed by atoms with Crippen LogP contribution in [0.4, 0.5) is 4.79 Å². The van der Waals surface area contributed by atoms with E-state index in [1.807, 2.05) is 6.92 Å². The van der Waals surface area contributed by atoms with Gasteiger partial charge in [-0.1, -0.05) is 32.9 Å². The van der Waals surface area contributed by atoms with E-state index >= 15 is 0 Å². The lowest BCUT2D eigenvalue weighted by Gasteiger charge is -2.39. The minimum atomic E-state index is -3.76. The highest BCUT2D eigenvalue weighted by Gasteiger charge is 2.61. The Morgan fingerprint density at radius 2 is 2.00 bits per heavy atom. The van der Waals surface area contributed by atoms with E-state index in [-0.39, 0.29) is 33.8 Å². The third-order valence-corrected chi connectivity index (χ3v) is 8.04. The summed E-state index contributed by atoms with van der Waals surface area (Å²) in [6.45, 7) is 8.73. The van der Waals surface area contributed by atoms with E-state index in [2.05, 4.69) is 31.4 Å². The fourth-order valence-electron chi connectivity index (χ4n) is 4.86. The Morgan fingerprint density at radius 1 is 1.31 bits per heavy atom. The molecule has 3 rings (SSSR count). The molecular formula is C19H29N3O3S. The monoisotopic (exact) mass is 379 g/mol. The zero-order valence-electron chi connectivity index (χ0n) is 15.9. The van der Waals surface area contributed by atoms with Crippen LogP contribution in [-0.4, -0.2) is 20.5 Å². The molecule has 0 radical (unpaired) electrons. The normalized spacial score (nSPS) is 30.8. The van der Waals surface area contributed by atoms with Gasteiger partial charge in [-0.05, 0) is 60.6 Å². The number of carbonyl (C=O) groups is 1. The zero-order valence-corrected chi connectivity index (χ0v) is 16.7. The number of nitrogens with two attached hydrogens (primary N) is 1. The van der Waals surface area contributed by atoms with E-state index in [0.717, 1.165) is 12.8 Å². The molecule has 2 aliphatic rings. The van der Waals surface area contributed by atoms with Crippen LogP contribution in [0.2, 0.25) is 0 Å². The number of hydrogen-bond acceptors (Lipinski definition) is 3. The number of amides is 2. The maximum atomic E-state index is 12.5. The number of carbonyl (C=O) groups excluding carboxylic acids is 1. The molecule has 0 heterocycles. The SMILES string of the molecule is C[C@H](NC(=O)N[C@@H]1C[C@H]2CC[C@@]1(C)C2(C)C)c1cccc(S(N)(=O)=O)c1. The van der Waals surface area contributed by atoms with E-state index in [9.17, 15) is 13.2 Å². The summed E-state index contributed by atoms with van der Waals surface area (Å²) in [5, 5.41) is 11.3. The fraction of sp³-hybridized carbons (Fsp3) is 0.632. The summed E-state index contributed by atoms with van der Waals surface area (Å²) in [6.07, 6.45) is 3.40. The summed E-state index contributed by atoms with van der Waals surface area (Å²) in [5.74, 6) is 0.654. The quantitative estimate of drug-likeness (QED) is 0.749. The van der Waals surface area contributed by atoms with E-state index < -0.39 is 10.0 Å². The van der Waals surface area contributed by atoms with Gasteiger partial charge in [0.25, 0.3) is 0 Å². The summed E-state index contributed by atoms with van der Waals surface area (Å²) in [6, 6.07) is 5.99. The second-order valence-corrected chi connectivity index (χ2v) is 10.2. The molecule has 144 valence electrons. The van der Waals surface area contributed by atoms with E-state index in [0.29, 0.717) is 11.5 Å². The van der Waals surface area contributed by atoms with Gasteiger partial charge < -0.3 is 10.6 Å². The van der Waals surface area contributed by atoms with Gasteiger partial charge in [-0.15, -0.1) is 0 Å². The maximum Gasteiger partial charge on any atom is 0.315 e. The van der Waals surface area contributed by atoms with Gasteiger partial charge in [-0.2, -0.15) is 0 Å². The summed E-state index contributed by atoms with van der Waals surface area (Å²) in [5.41, 5.74) is 1.05.